The number of nitrogens with zero attached hydrogens (tertiary/aromatic N) is 1. The van der Waals surface area contributed by atoms with Gasteiger partial charge in [-0.15, -0.1) is 0 Å². The lowest BCUT2D eigenvalue weighted by Gasteiger charge is -2.29. The topological polar surface area (TPSA) is 57.6 Å². The Kier molecular flexibility index (Phi) is 4.95. The van der Waals surface area contributed by atoms with Crippen LogP contribution < -0.4 is 0 Å². The summed E-state index contributed by atoms with van der Waals surface area (Å²) >= 11 is 0. The van der Waals surface area contributed by atoms with Gasteiger partial charge in [0.15, 0.2) is 9.84 Å². The van der Waals surface area contributed by atoms with E-state index in [0.29, 0.717) is 13.0 Å². The lowest BCUT2D eigenvalue weighted by molar-refractivity contribution is 0.0909. The molecule has 2 atom stereocenters. The molecule has 7 heteroatoms. The highest BCUT2D eigenvalue weighted by Crippen LogP contribution is 2.24. The summed E-state index contributed by atoms with van der Waals surface area (Å²) in [5.74, 6) is -1.43. The average Bonchev–Trinajstić information content (AvgIpc) is 2.76. The molecule has 1 aliphatic rings. The molecule has 0 saturated carbocycles. The molecule has 4 nitrogen and oxygen atoms in total. The van der Waals surface area contributed by atoms with Crippen LogP contribution in [0.5, 0.6) is 0 Å². The predicted octanol–water partition coefficient (Wildman–Crippen LogP) is 1.51. The molecule has 1 aliphatic heterocycles. The van der Waals surface area contributed by atoms with Crippen LogP contribution in [-0.4, -0.2) is 49.1 Å². The first-order valence-corrected chi connectivity index (χ1v) is 8.72. The number of aliphatic hydroxyl groups is 1. The van der Waals surface area contributed by atoms with Crippen LogP contribution in [0.2, 0.25) is 0 Å². The van der Waals surface area contributed by atoms with Crippen molar-refractivity contribution in [3.05, 3.63) is 35.4 Å². The maximum atomic E-state index is 13.6. The summed E-state index contributed by atoms with van der Waals surface area (Å²) in [5, 5.41) is 10.1. The number of hydrogen-bond donors (Lipinski definition) is 1. The molecule has 21 heavy (non-hydrogen) atoms. The van der Waals surface area contributed by atoms with E-state index in [0.717, 1.165) is 12.1 Å². The van der Waals surface area contributed by atoms with E-state index >= 15 is 0 Å². The molecule has 1 heterocycles. The van der Waals surface area contributed by atoms with E-state index in [9.17, 15) is 22.3 Å². The van der Waals surface area contributed by atoms with Gasteiger partial charge in [0, 0.05) is 12.6 Å². The van der Waals surface area contributed by atoms with Crippen LogP contribution in [0.25, 0.3) is 0 Å². The molecule has 1 N–H and O–H groups in total. The van der Waals surface area contributed by atoms with Crippen molar-refractivity contribution in [3.63, 3.8) is 0 Å². The number of aliphatic hydroxyl groups excluding tert-OH is 1. The third-order valence-electron chi connectivity index (χ3n) is 3.87. The van der Waals surface area contributed by atoms with E-state index in [1.807, 2.05) is 6.92 Å². The van der Waals surface area contributed by atoms with E-state index in [2.05, 4.69) is 0 Å². The minimum Gasteiger partial charge on any atom is -0.387 e. The Morgan fingerprint density at radius 1 is 1.38 bits per heavy atom. The van der Waals surface area contributed by atoms with Gasteiger partial charge >= 0.3 is 0 Å². The Bertz CT molecular complexity index is 586. The van der Waals surface area contributed by atoms with Crippen LogP contribution in [0.4, 0.5) is 8.78 Å². The van der Waals surface area contributed by atoms with Gasteiger partial charge in [0.05, 0.1) is 23.2 Å². The van der Waals surface area contributed by atoms with Gasteiger partial charge in [-0.2, -0.15) is 0 Å². The van der Waals surface area contributed by atoms with E-state index in [-0.39, 0.29) is 29.7 Å². The smallest absolute Gasteiger partial charge is 0.151 e. The van der Waals surface area contributed by atoms with Gasteiger partial charge < -0.3 is 5.11 Å². The predicted molar refractivity (Wildman–Crippen MR) is 75.6 cm³/mol. The summed E-state index contributed by atoms with van der Waals surface area (Å²) in [4.78, 5) is 1.76. The van der Waals surface area contributed by atoms with Crippen molar-refractivity contribution in [2.45, 2.75) is 25.5 Å². The number of halogens is 2. The first-order valence-electron chi connectivity index (χ1n) is 6.90. The maximum Gasteiger partial charge on any atom is 0.151 e. The van der Waals surface area contributed by atoms with Crippen molar-refractivity contribution in [3.8, 4) is 0 Å². The fourth-order valence-corrected chi connectivity index (χ4v) is 4.50. The summed E-state index contributed by atoms with van der Waals surface area (Å²) in [6.45, 7) is 2.34. The van der Waals surface area contributed by atoms with Crippen LogP contribution >= 0.6 is 0 Å². The Balaban J connectivity index is 2.12. The van der Waals surface area contributed by atoms with Gasteiger partial charge in [-0.25, -0.2) is 17.2 Å². The van der Waals surface area contributed by atoms with Crippen molar-refractivity contribution in [1.82, 2.24) is 4.90 Å². The Morgan fingerprint density at radius 3 is 2.48 bits per heavy atom. The number of rotatable bonds is 5. The van der Waals surface area contributed by atoms with E-state index < -0.39 is 27.6 Å². The van der Waals surface area contributed by atoms with Crippen molar-refractivity contribution < 1.29 is 22.3 Å². The zero-order valence-corrected chi connectivity index (χ0v) is 12.6. The molecule has 0 amide bonds. The zero-order valence-electron chi connectivity index (χ0n) is 11.8. The second-order valence-corrected chi connectivity index (χ2v) is 7.52. The molecule has 1 aromatic rings. The van der Waals surface area contributed by atoms with Gasteiger partial charge in [-0.05, 0) is 25.1 Å². The average molecular weight is 319 g/mol. The SMILES string of the molecule is CCN(CC(O)c1c(F)cccc1F)C1CCS(=O)(=O)C1. The van der Waals surface area contributed by atoms with Gasteiger partial charge in [0.2, 0.25) is 0 Å². The molecule has 0 spiro atoms. The maximum absolute atomic E-state index is 13.6. The lowest BCUT2D eigenvalue weighted by Crippen LogP contribution is -2.39. The summed E-state index contributed by atoms with van der Waals surface area (Å²) in [6, 6.07) is 3.22. The number of likely N-dealkylation sites (N-methyl/N-ethyl adjacent to an activating group) is 1. The number of hydrogen-bond acceptors (Lipinski definition) is 4. The van der Waals surface area contributed by atoms with E-state index in [1.54, 1.807) is 4.90 Å². The van der Waals surface area contributed by atoms with Crippen molar-refractivity contribution in [1.29, 1.82) is 0 Å². The molecule has 1 fully saturated rings. The zero-order chi connectivity index (χ0) is 15.6. The van der Waals surface area contributed by atoms with Crippen molar-refractivity contribution in [2.24, 2.45) is 0 Å². The highest BCUT2D eigenvalue weighted by molar-refractivity contribution is 7.91. The van der Waals surface area contributed by atoms with Crippen LogP contribution in [0.15, 0.2) is 18.2 Å². The second kappa shape index (κ2) is 6.37. The minimum atomic E-state index is -3.04. The quantitative estimate of drug-likeness (QED) is 0.894. The highest BCUT2D eigenvalue weighted by Gasteiger charge is 2.33. The summed E-state index contributed by atoms with van der Waals surface area (Å²) < 4.78 is 50.3. The molecule has 0 radical (unpaired) electrons. The van der Waals surface area contributed by atoms with Gasteiger partial charge in [-0.1, -0.05) is 13.0 Å². The van der Waals surface area contributed by atoms with Gasteiger partial charge in [0.25, 0.3) is 0 Å². The van der Waals surface area contributed by atoms with E-state index in [1.165, 1.54) is 6.07 Å². The normalized spacial score (nSPS) is 22.6. The molecule has 0 aromatic heterocycles. The Labute approximate surface area is 123 Å². The van der Waals surface area contributed by atoms with Gasteiger partial charge in [-0.3, -0.25) is 4.90 Å². The summed E-state index contributed by atoms with van der Waals surface area (Å²) in [6.07, 6.45) is -0.836. The molecule has 0 aliphatic carbocycles. The molecular formula is C14H19F2NO3S. The third kappa shape index (κ3) is 3.78. The fourth-order valence-electron chi connectivity index (χ4n) is 2.74. The molecule has 0 bridgehead atoms. The van der Waals surface area contributed by atoms with Gasteiger partial charge in [0.1, 0.15) is 11.6 Å². The molecule has 2 rings (SSSR count). The first kappa shape index (κ1) is 16.3. The summed E-state index contributed by atoms with van der Waals surface area (Å²) in [7, 11) is -3.04. The van der Waals surface area contributed by atoms with Crippen LogP contribution in [-0.2, 0) is 9.84 Å². The second-order valence-electron chi connectivity index (χ2n) is 5.30. The molecule has 1 saturated heterocycles. The minimum absolute atomic E-state index is 0.00847. The van der Waals surface area contributed by atoms with Crippen LogP contribution in [0, 0.1) is 11.6 Å². The lowest BCUT2D eigenvalue weighted by atomic mass is 10.1. The molecule has 1 aromatic carbocycles. The molecule has 2 unspecified atom stereocenters. The van der Waals surface area contributed by atoms with Crippen LogP contribution in [0.1, 0.15) is 25.0 Å². The number of sulfone groups is 1. The molecular weight excluding hydrogens is 300 g/mol. The fraction of sp³-hybridized carbons (Fsp3) is 0.571. The van der Waals surface area contributed by atoms with Crippen LogP contribution in [0.3, 0.4) is 0 Å². The third-order valence-corrected chi connectivity index (χ3v) is 5.62. The molecule has 118 valence electrons. The monoisotopic (exact) mass is 319 g/mol. The summed E-state index contributed by atoms with van der Waals surface area (Å²) in [5.41, 5.74) is -0.364. The first-order chi connectivity index (χ1) is 9.84. The Hall–Kier alpha value is -1.05. The largest absolute Gasteiger partial charge is 0.387 e. The Morgan fingerprint density at radius 2 is 2.00 bits per heavy atom. The van der Waals surface area contributed by atoms with Crippen molar-refractivity contribution in [2.75, 3.05) is 24.6 Å². The van der Waals surface area contributed by atoms with Crippen molar-refractivity contribution >= 4 is 9.84 Å². The highest BCUT2D eigenvalue weighted by atomic mass is 32.2. The standard InChI is InChI=1S/C14H19F2NO3S/c1-2-17(10-6-7-21(19,20)9-10)8-13(18)14-11(15)4-3-5-12(14)16/h3-5,10,13,18H,2,6-9H2,1H3. The van der Waals surface area contributed by atoms with E-state index in [4.69, 9.17) is 0 Å². The number of benzene rings is 1.